The number of aromatic hydroxyl groups is 1. The Kier molecular flexibility index (Phi) is 20.7. The molecule has 3 N–H and O–H groups in total. The fraction of sp³-hybridized carbons (Fsp3) is 0.500. The van der Waals surface area contributed by atoms with Gasteiger partial charge in [0.05, 0.1) is 30.0 Å². The predicted molar refractivity (Wildman–Crippen MR) is 301 cm³/mol. The second-order valence-electron chi connectivity index (χ2n) is 20.0. The summed E-state index contributed by atoms with van der Waals surface area (Å²) in [4.78, 5) is 79.7. The second kappa shape index (κ2) is 24.9. The second-order valence-corrected chi connectivity index (χ2v) is 20.0. The molecule has 20 heteroatoms. The number of hydrazine groups is 1. The summed E-state index contributed by atoms with van der Waals surface area (Å²) in [6.45, 7) is 16.8. The molecule has 72 heavy (non-hydrogen) atoms. The normalized spacial score (nSPS) is 20.3. The van der Waals surface area contributed by atoms with Crippen LogP contribution < -0.4 is 15.6 Å². The molecule has 0 aliphatic carbocycles. The molecule has 0 spiro atoms. The Morgan fingerprint density at radius 2 is 1.75 bits per heavy atom. The Morgan fingerprint density at radius 1 is 1.01 bits per heavy atom. The standard InChI is InChI=1S/C52H66N8O8.4H2S/c1-9-45(62)57-19-16-34(27-57)49(64)56(7)46(31(3)4)48(63)54-43-22-32-20-35(23-37(61)21-32)33-13-14-44-39(24-33)40(26-52(5,6)30-68-51(66)41-12-11-18-60(55-41)50(43)65)47(59(44)10-2)42-25-36(15-17-53-42)58-28-38(29-58)67-8;;;;/h9,13-15,17,20-21,23-25,31,34,38,41,43,46,55,61H,1,10-12,16,18-19,22,26-30H2,2-8H3,(H,54,63);4*1H2/t34-,41-,43-,46-;;;;/m0..../s1. The van der Waals surface area contributed by atoms with E-state index in [1.807, 2.05) is 38.2 Å². The van der Waals surface area contributed by atoms with Crippen LogP contribution in [0.3, 0.4) is 0 Å². The lowest BCUT2D eigenvalue weighted by Gasteiger charge is -2.40. The van der Waals surface area contributed by atoms with Gasteiger partial charge in [-0.15, -0.1) is 0 Å². The Morgan fingerprint density at radius 3 is 2.43 bits per heavy atom. The van der Waals surface area contributed by atoms with Crippen LogP contribution in [0.15, 0.2) is 67.4 Å². The zero-order valence-electron chi connectivity index (χ0n) is 42.4. The molecule has 2 aromatic carbocycles. The van der Waals surface area contributed by atoms with E-state index in [9.17, 15) is 29.1 Å². The fourth-order valence-corrected chi connectivity index (χ4v) is 10.4. The number of methoxy groups -OCH3 is 1. The fourth-order valence-electron chi connectivity index (χ4n) is 10.4. The number of carbonyl (C=O) groups excluding carboxylic acids is 5. The first kappa shape index (κ1) is 59.7. The van der Waals surface area contributed by atoms with Crippen molar-refractivity contribution in [1.82, 2.24) is 35.1 Å². The van der Waals surface area contributed by atoms with E-state index in [0.29, 0.717) is 44.3 Å². The van der Waals surface area contributed by atoms with Crippen molar-refractivity contribution < 1.29 is 38.6 Å². The number of carbonyl (C=O) groups is 5. The first-order valence-corrected chi connectivity index (χ1v) is 23.9. The highest BCUT2D eigenvalue weighted by atomic mass is 32.1. The van der Waals surface area contributed by atoms with E-state index < -0.39 is 47.2 Å². The number of nitrogens with one attached hydrogen (secondary N) is 2. The number of nitrogens with zero attached hydrogens (tertiary/aromatic N) is 6. The number of phenols is 1. The molecule has 8 rings (SSSR count). The SMILES string of the molecule is C=CC(=O)N1CC[C@H](C(=O)N(C)[C@H](C(=O)N[C@H]2Cc3cc(O)cc(c3)-c3ccc4c(c3)c(c(-c3cc(N5CC(OC)C5)ccn3)n4CC)CC(C)(C)COC(=O)[C@@H]3CCCN(N3)C2=O)C(C)C)C1.S.S.S.S. The molecule has 3 saturated heterocycles. The third kappa shape index (κ3) is 12.5. The minimum atomic E-state index is -1.16. The highest BCUT2D eigenvalue weighted by molar-refractivity contribution is 7.59. The van der Waals surface area contributed by atoms with Crippen LogP contribution in [-0.2, 0) is 52.8 Å². The molecule has 4 amide bonds. The van der Waals surface area contributed by atoms with E-state index in [1.165, 1.54) is 16.0 Å². The number of rotatable bonds is 10. The number of phenolic OH excluding ortho intramolecular Hbond substituents is 1. The molecule has 0 saturated carbocycles. The van der Waals surface area contributed by atoms with E-state index in [1.54, 1.807) is 31.2 Å². The average Bonchev–Trinajstić information content (AvgIpc) is 3.92. The lowest BCUT2D eigenvalue weighted by molar-refractivity contribution is -0.155. The van der Waals surface area contributed by atoms with E-state index in [-0.39, 0.29) is 110 Å². The zero-order chi connectivity index (χ0) is 48.6. The summed E-state index contributed by atoms with van der Waals surface area (Å²) in [5.41, 5.74) is 9.68. The van der Waals surface area contributed by atoms with Crippen molar-refractivity contribution in [2.75, 3.05) is 58.4 Å². The molecule has 2 aromatic heterocycles. The number of aryl methyl sites for hydroxylation is 1. The summed E-state index contributed by atoms with van der Waals surface area (Å²) in [7, 11) is 3.32. The molecule has 3 fully saturated rings. The van der Waals surface area contributed by atoms with E-state index in [4.69, 9.17) is 14.5 Å². The lowest BCUT2D eigenvalue weighted by atomic mass is 9.84. The Labute approximate surface area is 451 Å². The Bertz CT molecular complexity index is 2620. The smallest absolute Gasteiger partial charge is 0.324 e. The maximum atomic E-state index is 14.7. The van der Waals surface area contributed by atoms with Gasteiger partial charge in [-0.2, -0.15) is 54.0 Å². The van der Waals surface area contributed by atoms with Gasteiger partial charge >= 0.3 is 5.97 Å². The third-order valence-corrected chi connectivity index (χ3v) is 14.1. The van der Waals surface area contributed by atoms with Crippen LogP contribution in [0.1, 0.15) is 65.0 Å². The number of hydrogen-bond acceptors (Lipinski definition) is 11. The Hall–Kier alpha value is -4.86. The molecule has 0 unspecified atom stereocenters. The highest BCUT2D eigenvalue weighted by Crippen LogP contribution is 2.41. The van der Waals surface area contributed by atoms with E-state index in [2.05, 4.69) is 65.8 Å². The maximum absolute atomic E-state index is 14.7. The van der Waals surface area contributed by atoms with Gasteiger partial charge in [-0.25, -0.2) is 5.43 Å². The number of anilines is 1. The summed E-state index contributed by atoms with van der Waals surface area (Å²) in [6.07, 6.45) is 5.21. The summed E-state index contributed by atoms with van der Waals surface area (Å²) in [5.74, 6) is -2.85. The Balaban J connectivity index is 0.00000281. The number of fused-ring (bicyclic) bond motifs is 6. The number of esters is 1. The van der Waals surface area contributed by atoms with Gasteiger partial charge in [0.1, 0.15) is 23.9 Å². The van der Waals surface area contributed by atoms with Crippen molar-refractivity contribution in [3.8, 4) is 28.3 Å². The van der Waals surface area contributed by atoms with Crippen LogP contribution in [0, 0.1) is 17.3 Å². The van der Waals surface area contributed by atoms with Crippen LogP contribution in [0.2, 0.25) is 0 Å². The van der Waals surface area contributed by atoms with Crippen molar-refractivity contribution in [1.29, 1.82) is 0 Å². The van der Waals surface area contributed by atoms with Crippen molar-refractivity contribution in [3.05, 3.63) is 78.5 Å². The number of ether oxygens (including phenoxy) is 2. The topological polar surface area (TPSA) is 179 Å². The first-order chi connectivity index (χ1) is 32.5. The molecule has 4 atom stereocenters. The van der Waals surface area contributed by atoms with Crippen LogP contribution in [-0.4, -0.2) is 137 Å². The van der Waals surface area contributed by atoms with Crippen LogP contribution in [0.25, 0.3) is 33.4 Å². The van der Waals surface area contributed by atoms with Crippen LogP contribution in [0.4, 0.5) is 5.69 Å². The maximum Gasteiger partial charge on any atom is 0.324 e. The molecular formula is C52H74N8O8S4. The van der Waals surface area contributed by atoms with Crippen LogP contribution in [0.5, 0.6) is 5.75 Å². The van der Waals surface area contributed by atoms with Crippen molar-refractivity contribution in [2.45, 2.75) is 97.5 Å². The number of benzene rings is 2. The summed E-state index contributed by atoms with van der Waals surface area (Å²) < 4.78 is 14.0. The molecule has 4 aliphatic heterocycles. The number of likely N-dealkylation sites (N-methyl/N-ethyl adjacent to an activating group) is 1. The number of aromatic nitrogens is 2. The largest absolute Gasteiger partial charge is 0.508 e. The number of cyclic esters (lactones) is 1. The molecule has 6 bridgehead atoms. The molecule has 0 radical (unpaired) electrons. The van der Waals surface area contributed by atoms with Crippen molar-refractivity contribution >= 4 is 100 Å². The number of amides is 4. The summed E-state index contributed by atoms with van der Waals surface area (Å²) in [5, 5.41) is 16.7. The molecule has 4 aromatic rings. The number of pyridine rings is 1. The van der Waals surface area contributed by atoms with Gasteiger partial charge in [0, 0.05) is 88.0 Å². The quantitative estimate of drug-likeness (QED) is 0.134. The third-order valence-electron chi connectivity index (χ3n) is 14.1. The summed E-state index contributed by atoms with van der Waals surface area (Å²) >= 11 is 0. The minimum absolute atomic E-state index is 0. The van der Waals surface area contributed by atoms with Gasteiger partial charge in [-0.1, -0.05) is 46.4 Å². The van der Waals surface area contributed by atoms with E-state index >= 15 is 0 Å². The van der Waals surface area contributed by atoms with Crippen LogP contribution >= 0.6 is 54.0 Å². The minimum Gasteiger partial charge on any atom is -0.508 e. The van der Waals surface area contributed by atoms with Gasteiger partial charge < -0.3 is 39.2 Å². The van der Waals surface area contributed by atoms with Gasteiger partial charge in [-0.3, -0.25) is 34.0 Å². The van der Waals surface area contributed by atoms with E-state index in [0.717, 1.165) is 57.8 Å². The van der Waals surface area contributed by atoms with Gasteiger partial charge in [0.25, 0.3) is 5.91 Å². The predicted octanol–water partition coefficient (Wildman–Crippen LogP) is 5.55. The molecule has 394 valence electrons. The van der Waals surface area contributed by atoms with Gasteiger partial charge in [0.2, 0.25) is 17.7 Å². The zero-order valence-corrected chi connectivity index (χ0v) is 46.4. The average molecular weight is 1070 g/mol. The number of likely N-dealkylation sites (tertiary alicyclic amines) is 1. The monoisotopic (exact) mass is 1070 g/mol. The van der Waals surface area contributed by atoms with Crippen molar-refractivity contribution in [2.24, 2.45) is 17.3 Å². The highest BCUT2D eigenvalue weighted by Gasteiger charge is 2.40. The lowest BCUT2D eigenvalue weighted by Crippen LogP contribution is -2.62. The van der Waals surface area contributed by atoms with Gasteiger partial charge in [0.15, 0.2) is 0 Å². The number of hydrogen-bond donors (Lipinski definition) is 3. The molecule has 16 nitrogen and oxygen atoms in total. The molecule has 4 aliphatic rings. The first-order valence-electron chi connectivity index (χ1n) is 23.9. The molecular weight excluding hydrogens is 993 g/mol. The van der Waals surface area contributed by atoms with Crippen molar-refractivity contribution in [3.63, 3.8) is 0 Å². The molecule has 6 heterocycles. The summed E-state index contributed by atoms with van der Waals surface area (Å²) in [6, 6.07) is 12.7. The van der Waals surface area contributed by atoms with Gasteiger partial charge in [-0.05, 0) is 103 Å².